The molecule has 0 saturated carbocycles. The second kappa shape index (κ2) is 6.22. The van der Waals surface area contributed by atoms with Gasteiger partial charge in [-0.05, 0) is 29.3 Å². The summed E-state index contributed by atoms with van der Waals surface area (Å²) in [4.78, 5) is 17.0. The summed E-state index contributed by atoms with van der Waals surface area (Å²) in [6.07, 6.45) is 0.340. The fourth-order valence-electron chi connectivity index (χ4n) is 2.42. The van der Waals surface area contributed by atoms with Gasteiger partial charge < -0.3 is 15.3 Å². The van der Waals surface area contributed by atoms with Gasteiger partial charge in [0.15, 0.2) is 0 Å². The number of carbonyl (C=O) groups excluding carboxylic acids is 1. The van der Waals surface area contributed by atoms with Gasteiger partial charge in [0.2, 0.25) is 5.79 Å². The predicted octanol–water partition coefficient (Wildman–Crippen LogP) is 2.45. The first-order valence-corrected chi connectivity index (χ1v) is 7.43. The standard InChI is InChI=1S/C18H18N2O3/c1-18(22)11-16(20-23-18)15-9-5-6-13(10-15)12-19-17(21)14-7-3-2-4-8-14/h2-10,22H,11-12H2,1H3,(H,19,21). The van der Waals surface area contributed by atoms with E-state index in [2.05, 4.69) is 10.5 Å². The van der Waals surface area contributed by atoms with Gasteiger partial charge in [0.05, 0.1) is 12.1 Å². The number of carbonyl (C=O) groups is 1. The quantitative estimate of drug-likeness (QED) is 0.911. The third-order valence-electron chi connectivity index (χ3n) is 3.60. The van der Waals surface area contributed by atoms with Gasteiger partial charge in [0, 0.05) is 19.0 Å². The van der Waals surface area contributed by atoms with Crippen LogP contribution in [0.4, 0.5) is 0 Å². The molecule has 0 aromatic heterocycles. The van der Waals surface area contributed by atoms with Crippen molar-refractivity contribution in [1.82, 2.24) is 5.32 Å². The summed E-state index contributed by atoms with van der Waals surface area (Å²) < 4.78 is 0. The molecule has 2 aromatic rings. The molecule has 0 radical (unpaired) electrons. The molecule has 2 aromatic carbocycles. The number of nitrogens with one attached hydrogen (secondary N) is 1. The van der Waals surface area contributed by atoms with Crippen molar-refractivity contribution in [2.75, 3.05) is 0 Å². The number of amides is 1. The van der Waals surface area contributed by atoms with Crippen LogP contribution in [0.5, 0.6) is 0 Å². The highest BCUT2D eigenvalue weighted by molar-refractivity contribution is 6.01. The first kappa shape index (κ1) is 15.2. The SMILES string of the molecule is CC1(O)CC(c2cccc(CNC(=O)c3ccccc3)c2)=NO1. The zero-order valence-corrected chi connectivity index (χ0v) is 12.8. The van der Waals surface area contributed by atoms with E-state index >= 15 is 0 Å². The number of rotatable bonds is 4. The van der Waals surface area contributed by atoms with E-state index in [0.717, 1.165) is 11.1 Å². The molecular formula is C18H18N2O3. The summed E-state index contributed by atoms with van der Waals surface area (Å²) in [6.45, 7) is 2.00. The summed E-state index contributed by atoms with van der Waals surface area (Å²) in [7, 11) is 0. The molecule has 5 heteroatoms. The van der Waals surface area contributed by atoms with E-state index in [-0.39, 0.29) is 5.91 Å². The minimum Gasteiger partial charge on any atom is -0.360 e. The minimum atomic E-state index is -1.24. The summed E-state index contributed by atoms with van der Waals surface area (Å²) in [5, 5.41) is 16.6. The van der Waals surface area contributed by atoms with E-state index in [1.54, 1.807) is 19.1 Å². The van der Waals surface area contributed by atoms with Gasteiger partial charge in [0.1, 0.15) is 0 Å². The van der Waals surface area contributed by atoms with Crippen LogP contribution in [0.2, 0.25) is 0 Å². The zero-order chi connectivity index (χ0) is 16.3. The highest BCUT2D eigenvalue weighted by Crippen LogP contribution is 2.24. The molecular weight excluding hydrogens is 292 g/mol. The zero-order valence-electron chi connectivity index (χ0n) is 12.8. The van der Waals surface area contributed by atoms with Crippen molar-refractivity contribution < 1.29 is 14.7 Å². The molecule has 0 bridgehead atoms. The number of nitrogens with zero attached hydrogens (tertiary/aromatic N) is 1. The Hall–Kier alpha value is -2.66. The van der Waals surface area contributed by atoms with E-state index in [1.165, 1.54) is 0 Å². The first-order chi connectivity index (χ1) is 11.0. The second-order valence-corrected chi connectivity index (χ2v) is 5.73. The number of aliphatic hydroxyl groups is 1. The fourth-order valence-corrected chi connectivity index (χ4v) is 2.42. The van der Waals surface area contributed by atoms with Crippen molar-refractivity contribution in [2.45, 2.75) is 25.7 Å². The molecule has 1 heterocycles. The maximum absolute atomic E-state index is 12.1. The van der Waals surface area contributed by atoms with Gasteiger partial charge in [-0.25, -0.2) is 0 Å². The molecule has 1 aliphatic heterocycles. The van der Waals surface area contributed by atoms with Crippen LogP contribution < -0.4 is 5.32 Å². The Morgan fingerprint density at radius 1 is 1.26 bits per heavy atom. The molecule has 3 rings (SSSR count). The Morgan fingerprint density at radius 3 is 2.74 bits per heavy atom. The van der Waals surface area contributed by atoms with E-state index in [1.807, 2.05) is 42.5 Å². The van der Waals surface area contributed by atoms with Crippen LogP contribution in [0.15, 0.2) is 59.8 Å². The van der Waals surface area contributed by atoms with Gasteiger partial charge >= 0.3 is 0 Å². The lowest BCUT2D eigenvalue weighted by Gasteiger charge is -2.12. The summed E-state index contributed by atoms with van der Waals surface area (Å²) >= 11 is 0. The van der Waals surface area contributed by atoms with Crippen molar-refractivity contribution in [3.8, 4) is 0 Å². The predicted molar refractivity (Wildman–Crippen MR) is 86.9 cm³/mol. The second-order valence-electron chi connectivity index (χ2n) is 5.73. The smallest absolute Gasteiger partial charge is 0.251 e. The minimum absolute atomic E-state index is 0.111. The van der Waals surface area contributed by atoms with Crippen LogP contribution in [-0.4, -0.2) is 22.5 Å². The normalized spacial score (nSPS) is 19.8. The molecule has 1 unspecified atom stereocenters. The van der Waals surface area contributed by atoms with Gasteiger partial charge in [-0.15, -0.1) is 0 Å². The maximum atomic E-state index is 12.1. The van der Waals surface area contributed by atoms with Crippen molar-refractivity contribution in [2.24, 2.45) is 5.16 Å². The maximum Gasteiger partial charge on any atom is 0.251 e. The number of hydrogen-bond acceptors (Lipinski definition) is 4. The lowest BCUT2D eigenvalue weighted by atomic mass is 10.0. The number of benzene rings is 2. The van der Waals surface area contributed by atoms with Gasteiger partial charge in [-0.1, -0.05) is 41.6 Å². The molecule has 0 aliphatic carbocycles. The largest absolute Gasteiger partial charge is 0.360 e. The molecule has 0 fully saturated rings. The van der Waals surface area contributed by atoms with Gasteiger partial charge in [-0.3, -0.25) is 4.79 Å². The lowest BCUT2D eigenvalue weighted by molar-refractivity contribution is -0.170. The number of oxime groups is 1. The van der Waals surface area contributed by atoms with Crippen molar-refractivity contribution in [3.63, 3.8) is 0 Å². The lowest BCUT2D eigenvalue weighted by Crippen LogP contribution is -2.24. The average Bonchev–Trinajstić information content (AvgIpc) is 2.94. The topological polar surface area (TPSA) is 70.9 Å². The Morgan fingerprint density at radius 2 is 2.04 bits per heavy atom. The molecule has 23 heavy (non-hydrogen) atoms. The van der Waals surface area contributed by atoms with Gasteiger partial charge in [-0.2, -0.15) is 0 Å². The molecule has 2 N–H and O–H groups in total. The van der Waals surface area contributed by atoms with Crippen LogP contribution in [0, 0.1) is 0 Å². The highest BCUT2D eigenvalue weighted by Gasteiger charge is 2.31. The summed E-state index contributed by atoms with van der Waals surface area (Å²) in [5.41, 5.74) is 3.18. The van der Waals surface area contributed by atoms with E-state index in [0.29, 0.717) is 24.2 Å². The summed E-state index contributed by atoms with van der Waals surface area (Å²) in [5.74, 6) is -1.35. The summed E-state index contributed by atoms with van der Waals surface area (Å²) in [6, 6.07) is 16.8. The molecule has 0 spiro atoms. The number of hydrogen-bond donors (Lipinski definition) is 2. The molecule has 1 aliphatic rings. The van der Waals surface area contributed by atoms with Crippen molar-refractivity contribution in [3.05, 3.63) is 71.3 Å². The van der Waals surface area contributed by atoms with Crippen LogP contribution in [0.3, 0.4) is 0 Å². The van der Waals surface area contributed by atoms with E-state index in [4.69, 9.17) is 4.84 Å². The fraction of sp³-hybridized carbons (Fsp3) is 0.222. The first-order valence-electron chi connectivity index (χ1n) is 7.43. The van der Waals surface area contributed by atoms with Crippen molar-refractivity contribution in [1.29, 1.82) is 0 Å². The average molecular weight is 310 g/mol. The van der Waals surface area contributed by atoms with E-state index in [9.17, 15) is 9.90 Å². The monoisotopic (exact) mass is 310 g/mol. The Kier molecular flexibility index (Phi) is 4.12. The third-order valence-corrected chi connectivity index (χ3v) is 3.60. The van der Waals surface area contributed by atoms with Crippen LogP contribution in [0.1, 0.15) is 34.8 Å². The molecule has 1 atom stereocenters. The Balaban J connectivity index is 1.66. The highest BCUT2D eigenvalue weighted by atomic mass is 16.7. The van der Waals surface area contributed by atoms with Crippen molar-refractivity contribution >= 4 is 11.6 Å². The Bertz CT molecular complexity index is 739. The molecule has 1 amide bonds. The molecule has 118 valence electrons. The van der Waals surface area contributed by atoms with Crippen LogP contribution in [0.25, 0.3) is 0 Å². The van der Waals surface area contributed by atoms with Crippen LogP contribution >= 0.6 is 0 Å². The third kappa shape index (κ3) is 3.76. The molecule has 5 nitrogen and oxygen atoms in total. The molecule has 0 saturated heterocycles. The van der Waals surface area contributed by atoms with Crippen LogP contribution in [-0.2, 0) is 11.4 Å². The Labute approximate surface area is 134 Å². The van der Waals surface area contributed by atoms with Gasteiger partial charge in [0.25, 0.3) is 5.91 Å². The van der Waals surface area contributed by atoms with E-state index < -0.39 is 5.79 Å².